The summed E-state index contributed by atoms with van der Waals surface area (Å²) in [6.45, 7) is 6.65. The molecule has 2 aromatic rings. The molecule has 2 aliphatic heterocycles. The summed E-state index contributed by atoms with van der Waals surface area (Å²) in [6, 6.07) is 8.08. The largest absolute Gasteiger partial charge is 0.485 e. The highest BCUT2D eigenvalue weighted by Gasteiger charge is 2.40. The molecular weight excluding hydrogens is 354 g/mol. The third-order valence-corrected chi connectivity index (χ3v) is 6.14. The van der Waals surface area contributed by atoms with Crippen molar-refractivity contribution in [1.82, 2.24) is 14.7 Å². The fourth-order valence-corrected chi connectivity index (χ4v) is 4.36. The summed E-state index contributed by atoms with van der Waals surface area (Å²) in [6.07, 6.45) is 2.83. The highest BCUT2D eigenvalue weighted by Crippen LogP contribution is 2.35. The molecule has 0 aliphatic carbocycles. The van der Waals surface area contributed by atoms with E-state index in [2.05, 4.69) is 18.1 Å². The van der Waals surface area contributed by atoms with Gasteiger partial charge in [-0.3, -0.25) is 9.48 Å². The normalized spacial score (nSPS) is 18.5. The number of carbonyl (C=O) groups excluding carboxylic acids is 1. The molecule has 0 saturated carbocycles. The van der Waals surface area contributed by atoms with Crippen molar-refractivity contribution in [2.24, 2.45) is 7.05 Å². The Morgan fingerprint density at radius 2 is 1.96 bits per heavy atom. The van der Waals surface area contributed by atoms with Crippen molar-refractivity contribution in [2.45, 2.75) is 51.7 Å². The van der Waals surface area contributed by atoms with Crippen LogP contribution in [0.4, 0.5) is 0 Å². The van der Waals surface area contributed by atoms with Crippen molar-refractivity contribution in [3.05, 3.63) is 46.8 Å². The van der Waals surface area contributed by atoms with Crippen molar-refractivity contribution >= 4 is 5.91 Å². The van der Waals surface area contributed by atoms with E-state index in [-0.39, 0.29) is 11.5 Å². The summed E-state index contributed by atoms with van der Waals surface area (Å²) in [5.41, 5.74) is 4.06. The maximum absolute atomic E-state index is 13.2. The van der Waals surface area contributed by atoms with Crippen molar-refractivity contribution in [3.8, 4) is 5.75 Å². The van der Waals surface area contributed by atoms with Crippen LogP contribution in [-0.2, 0) is 29.5 Å². The molecule has 6 heteroatoms. The van der Waals surface area contributed by atoms with Gasteiger partial charge >= 0.3 is 0 Å². The van der Waals surface area contributed by atoms with E-state index in [1.165, 1.54) is 5.56 Å². The number of para-hydroxylation sites is 1. The van der Waals surface area contributed by atoms with E-state index in [0.717, 1.165) is 42.0 Å². The summed E-state index contributed by atoms with van der Waals surface area (Å²) < 4.78 is 13.9. The molecule has 150 valence electrons. The molecule has 0 N–H and O–H groups in total. The Kier molecular flexibility index (Phi) is 5.15. The van der Waals surface area contributed by atoms with Gasteiger partial charge in [0.05, 0.1) is 25.5 Å². The van der Waals surface area contributed by atoms with Gasteiger partial charge in [0.2, 0.25) is 5.91 Å². The fourth-order valence-electron chi connectivity index (χ4n) is 4.36. The molecule has 0 atom stereocenters. The Morgan fingerprint density at radius 3 is 2.68 bits per heavy atom. The first kappa shape index (κ1) is 19.0. The van der Waals surface area contributed by atoms with E-state index in [9.17, 15) is 4.79 Å². The molecule has 1 amide bonds. The average molecular weight is 383 g/mol. The number of benzene rings is 1. The molecule has 4 rings (SSSR count). The van der Waals surface area contributed by atoms with Crippen molar-refractivity contribution < 1.29 is 14.3 Å². The quantitative estimate of drug-likeness (QED) is 0.818. The predicted octanol–water partition coefficient (Wildman–Crippen LogP) is 2.94. The molecule has 2 aliphatic rings. The lowest BCUT2D eigenvalue weighted by Crippen LogP contribution is -2.50. The van der Waals surface area contributed by atoms with Crippen LogP contribution in [0.1, 0.15) is 41.8 Å². The van der Waals surface area contributed by atoms with Crippen LogP contribution >= 0.6 is 0 Å². The van der Waals surface area contributed by atoms with Gasteiger partial charge in [-0.2, -0.15) is 5.10 Å². The summed E-state index contributed by atoms with van der Waals surface area (Å²) in [4.78, 5) is 15.2. The number of aryl methyl sites for hydroxylation is 2. The highest BCUT2D eigenvalue weighted by atomic mass is 16.5. The van der Waals surface area contributed by atoms with Crippen LogP contribution in [0, 0.1) is 13.8 Å². The van der Waals surface area contributed by atoms with Crippen LogP contribution in [0.25, 0.3) is 0 Å². The highest BCUT2D eigenvalue weighted by molar-refractivity contribution is 5.77. The summed E-state index contributed by atoms with van der Waals surface area (Å²) in [7, 11) is 1.95. The molecule has 3 heterocycles. The lowest BCUT2D eigenvalue weighted by atomic mass is 9.93. The lowest BCUT2D eigenvalue weighted by Gasteiger charge is -2.39. The molecule has 0 bridgehead atoms. The van der Waals surface area contributed by atoms with Gasteiger partial charge in [-0.15, -0.1) is 0 Å². The minimum atomic E-state index is -0.347. The minimum absolute atomic E-state index is 0.175. The monoisotopic (exact) mass is 383 g/mol. The zero-order valence-electron chi connectivity index (χ0n) is 17.0. The Balaban J connectivity index is 1.54. The first-order chi connectivity index (χ1) is 13.5. The Labute approximate surface area is 166 Å². The number of hydrogen-bond donors (Lipinski definition) is 0. The number of nitrogens with zero attached hydrogens (tertiary/aromatic N) is 3. The molecule has 1 aromatic carbocycles. The van der Waals surface area contributed by atoms with E-state index < -0.39 is 0 Å². The number of carbonyl (C=O) groups is 1. The topological polar surface area (TPSA) is 56.6 Å². The maximum atomic E-state index is 13.2. The van der Waals surface area contributed by atoms with E-state index in [4.69, 9.17) is 9.47 Å². The molecule has 6 nitrogen and oxygen atoms in total. The van der Waals surface area contributed by atoms with Gasteiger partial charge in [0.25, 0.3) is 0 Å². The van der Waals surface area contributed by atoms with Gasteiger partial charge in [0.15, 0.2) is 0 Å². The van der Waals surface area contributed by atoms with Crippen LogP contribution in [0.2, 0.25) is 0 Å². The molecule has 1 spiro atoms. The Morgan fingerprint density at radius 1 is 1.21 bits per heavy atom. The van der Waals surface area contributed by atoms with Crippen LogP contribution in [-0.4, -0.2) is 45.9 Å². The van der Waals surface area contributed by atoms with E-state index >= 15 is 0 Å². The van der Waals surface area contributed by atoms with Gasteiger partial charge in [-0.1, -0.05) is 18.2 Å². The van der Waals surface area contributed by atoms with Gasteiger partial charge in [0, 0.05) is 44.1 Å². The van der Waals surface area contributed by atoms with Gasteiger partial charge < -0.3 is 14.4 Å². The molecule has 0 unspecified atom stereocenters. The van der Waals surface area contributed by atoms with Crippen LogP contribution in [0.5, 0.6) is 5.75 Å². The Hall–Kier alpha value is -2.34. The second-order valence-electron chi connectivity index (χ2n) is 8.03. The van der Waals surface area contributed by atoms with Crippen molar-refractivity contribution in [2.75, 3.05) is 19.8 Å². The third kappa shape index (κ3) is 3.65. The predicted molar refractivity (Wildman–Crippen MR) is 106 cm³/mol. The van der Waals surface area contributed by atoms with E-state index in [0.29, 0.717) is 32.7 Å². The molecule has 1 saturated heterocycles. The first-order valence-corrected chi connectivity index (χ1v) is 10.1. The molecule has 28 heavy (non-hydrogen) atoms. The van der Waals surface area contributed by atoms with E-state index in [1.807, 2.05) is 41.8 Å². The average Bonchev–Trinajstić information content (AvgIpc) is 2.84. The second-order valence-corrected chi connectivity index (χ2v) is 8.03. The van der Waals surface area contributed by atoms with Gasteiger partial charge in [0.1, 0.15) is 11.4 Å². The standard InChI is InChI=1S/C22H29N3O3/c1-16-19(17(2)24(3)23-16)8-9-21(26)25-14-18-6-4-5-7-20(18)28-22(15-25)10-12-27-13-11-22/h4-7H,8-15H2,1-3H3. The first-order valence-electron chi connectivity index (χ1n) is 10.1. The number of ether oxygens (including phenoxy) is 2. The fraction of sp³-hybridized carbons (Fsp3) is 0.545. The minimum Gasteiger partial charge on any atom is -0.485 e. The SMILES string of the molecule is Cc1nn(C)c(C)c1CCC(=O)N1Cc2ccccc2OC2(CCOCC2)C1. The van der Waals surface area contributed by atoms with Crippen molar-refractivity contribution in [1.29, 1.82) is 0 Å². The summed E-state index contributed by atoms with van der Waals surface area (Å²) >= 11 is 0. The summed E-state index contributed by atoms with van der Waals surface area (Å²) in [5, 5.41) is 4.47. The van der Waals surface area contributed by atoms with E-state index in [1.54, 1.807) is 0 Å². The van der Waals surface area contributed by atoms with Crippen LogP contribution < -0.4 is 4.74 Å². The smallest absolute Gasteiger partial charge is 0.223 e. The molecule has 1 fully saturated rings. The zero-order valence-corrected chi connectivity index (χ0v) is 17.0. The third-order valence-electron chi connectivity index (χ3n) is 6.14. The zero-order chi connectivity index (χ0) is 19.7. The Bertz CT molecular complexity index is 868. The maximum Gasteiger partial charge on any atom is 0.223 e. The number of aromatic nitrogens is 2. The number of hydrogen-bond acceptors (Lipinski definition) is 4. The second kappa shape index (κ2) is 7.59. The molecule has 0 radical (unpaired) electrons. The number of rotatable bonds is 3. The lowest BCUT2D eigenvalue weighted by molar-refractivity contribution is -0.136. The molecular formula is C22H29N3O3. The summed E-state index contributed by atoms with van der Waals surface area (Å²) in [5.74, 6) is 1.08. The van der Waals surface area contributed by atoms with Crippen LogP contribution in [0.15, 0.2) is 24.3 Å². The number of fused-ring (bicyclic) bond motifs is 1. The number of amides is 1. The van der Waals surface area contributed by atoms with Gasteiger partial charge in [-0.25, -0.2) is 0 Å². The van der Waals surface area contributed by atoms with Crippen molar-refractivity contribution in [3.63, 3.8) is 0 Å². The molecule has 1 aromatic heterocycles. The van der Waals surface area contributed by atoms with Crippen LogP contribution in [0.3, 0.4) is 0 Å². The van der Waals surface area contributed by atoms with Gasteiger partial charge in [-0.05, 0) is 31.9 Å².